The standard InChI is InChI=1S/C43H76N4O5/c1-3-5-7-9-11-13-15-17-19-26-34-44-40(48)33-32-39(42(50)45-35-27-20-18-16-14-12-10-8-6-4-2)47-41(49)31-25-22-28-36-46-43(51)52-37-38-29-23-21-24-30-38/h21,23-24,29-30,39H,3-20,22,25-28,31-37H2,1-2H3,(H,44,48)(H,45,50)(H,46,51)(H,47,49). The number of carbonyl (C=O) groups excluding carboxylic acids is 4. The highest BCUT2D eigenvalue weighted by Crippen LogP contribution is 2.12. The smallest absolute Gasteiger partial charge is 0.407 e. The Balaban J connectivity index is 2.33. The summed E-state index contributed by atoms with van der Waals surface area (Å²) in [7, 11) is 0. The van der Waals surface area contributed by atoms with Crippen molar-refractivity contribution in [3.8, 4) is 0 Å². The fourth-order valence-electron chi connectivity index (χ4n) is 6.24. The number of hydrogen-bond donors (Lipinski definition) is 4. The summed E-state index contributed by atoms with van der Waals surface area (Å²) < 4.78 is 5.23. The summed E-state index contributed by atoms with van der Waals surface area (Å²) in [5, 5.41) is 11.6. The van der Waals surface area contributed by atoms with Gasteiger partial charge in [-0.3, -0.25) is 14.4 Å². The Morgan fingerprint density at radius 3 is 1.52 bits per heavy atom. The van der Waals surface area contributed by atoms with Gasteiger partial charge in [0.25, 0.3) is 0 Å². The number of carbonyl (C=O) groups is 4. The molecule has 1 rings (SSSR count). The van der Waals surface area contributed by atoms with Gasteiger partial charge in [0.1, 0.15) is 12.6 Å². The molecule has 1 aromatic carbocycles. The van der Waals surface area contributed by atoms with Crippen LogP contribution in [0.1, 0.15) is 186 Å². The monoisotopic (exact) mass is 729 g/mol. The second-order valence-corrected chi connectivity index (χ2v) is 14.5. The van der Waals surface area contributed by atoms with Crippen molar-refractivity contribution >= 4 is 23.8 Å². The highest BCUT2D eigenvalue weighted by atomic mass is 16.5. The molecule has 9 heteroatoms. The molecule has 4 amide bonds. The van der Waals surface area contributed by atoms with Gasteiger partial charge >= 0.3 is 6.09 Å². The Morgan fingerprint density at radius 2 is 0.981 bits per heavy atom. The molecule has 0 aliphatic rings. The van der Waals surface area contributed by atoms with Crippen molar-refractivity contribution < 1.29 is 23.9 Å². The van der Waals surface area contributed by atoms with E-state index in [-0.39, 0.29) is 43.6 Å². The fraction of sp³-hybridized carbons (Fsp3) is 0.767. The Morgan fingerprint density at radius 1 is 0.519 bits per heavy atom. The molecule has 0 aromatic heterocycles. The van der Waals surface area contributed by atoms with E-state index < -0.39 is 12.1 Å². The molecule has 1 unspecified atom stereocenters. The van der Waals surface area contributed by atoms with Crippen molar-refractivity contribution in [3.63, 3.8) is 0 Å². The van der Waals surface area contributed by atoms with Gasteiger partial charge in [0, 0.05) is 32.5 Å². The van der Waals surface area contributed by atoms with Crippen molar-refractivity contribution in [3.05, 3.63) is 35.9 Å². The van der Waals surface area contributed by atoms with Crippen LogP contribution >= 0.6 is 0 Å². The van der Waals surface area contributed by atoms with Gasteiger partial charge in [-0.2, -0.15) is 0 Å². The first kappa shape index (κ1) is 46.9. The van der Waals surface area contributed by atoms with E-state index >= 15 is 0 Å². The van der Waals surface area contributed by atoms with Crippen LogP contribution in [-0.4, -0.2) is 49.5 Å². The quantitative estimate of drug-likeness (QED) is 0.0518. The molecule has 0 aliphatic carbocycles. The molecule has 0 aliphatic heterocycles. The third-order valence-corrected chi connectivity index (χ3v) is 9.56. The number of rotatable bonds is 35. The summed E-state index contributed by atoms with van der Waals surface area (Å²) in [6.45, 7) is 6.40. The number of nitrogens with one attached hydrogen (secondary N) is 4. The van der Waals surface area contributed by atoms with Crippen molar-refractivity contribution in [2.75, 3.05) is 19.6 Å². The fourth-order valence-corrected chi connectivity index (χ4v) is 6.24. The SMILES string of the molecule is CCCCCCCCCCCCNC(=O)CCC(NC(=O)CCCCCNC(=O)OCc1ccccc1)C(=O)NCCCCCCCCCCCC. The lowest BCUT2D eigenvalue weighted by molar-refractivity contribution is -0.129. The predicted octanol–water partition coefficient (Wildman–Crippen LogP) is 9.81. The summed E-state index contributed by atoms with van der Waals surface area (Å²) in [5.41, 5.74) is 0.930. The van der Waals surface area contributed by atoms with E-state index in [0.717, 1.165) is 44.1 Å². The van der Waals surface area contributed by atoms with Gasteiger partial charge in [0.2, 0.25) is 17.7 Å². The van der Waals surface area contributed by atoms with Crippen LogP contribution in [0.2, 0.25) is 0 Å². The van der Waals surface area contributed by atoms with Gasteiger partial charge in [0.15, 0.2) is 0 Å². The van der Waals surface area contributed by atoms with Crippen molar-refractivity contribution in [1.29, 1.82) is 0 Å². The van der Waals surface area contributed by atoms with Gasteiger partial charge in [-0.05, 0) is 37.7 Å². The number of benzene rings is 1. The van der Waals surface area contributed by atoms with Gasteiger partial charge in [-0.15, -0.1) is 0 Å². The molecule has 0 spiro atoms. The Hall–Kier alpha value is -3.10. The maximum atomic E-state index is 13.1. The van der Waals surface area contributed by atoms with Crippen molar-refractivity contribution in [1.82, 2.24) is 21.3 Å². The molecular weight excluding hydrogens is 652 g/mol. The van der Waals surface area contributed by atoms with Crippen molar-refractivity contribution in [2.24, 2.45) is 0 Å². The highest BCUT2D eigenvalue weighted by Gasteiger charge is 2.21. The zero-order valence-corrected chi connectivity index (χ0v) is 33.2. The summed E-state index contributed by atoms with van der Waals surface area (Å²) in [6.07, 6.45) is 27.2. The van der Waals surface area contributed by atoms with Crippen molar-refractivity contribution in [2.45, 2.75) is 193 Å². The maximum absolute atomic E-state index is 13.1. The number of unbranched alkanes of at least 4 members (excludes halogenated alkanes) is 20. The molecule has 0 heterocycles. The second kappa shape index (κ2) is 35.0. The lowest BCUT2D eigenvalue weighted by Crippen LogP contribution is -2.47. The lowest BCUT2D eigenvalue weighted by atomic mass is 10.1. The first-order chi connectivity index (χ1) is 25.5. The minimum atomic E-state index is -0.736. The molecule has 0 saturated heterocycles. The van der Waals surface area contributed by atoms with Crippen LogP contribution in [0, 0.1) is 0 Å². The molecule has 1 aromatic rings. The van der Waals surface area contributed by atoms with Gasteiger partial charge in [-0.25, -0.2) is 4.79 Å². The minimum Gasteiger partial charge on any atom is -0.445 e. The van der Waals surface area contributed by atoms with Crippen LogP contribution in [0.15, 0.2) is 30.3 Å². The summed E-state index contributed by atoms with van der Waals surface area (Å²) in [4.78, 5) is 50.5. The molecule has 52 heavy (non-hydrogen) atoms. The van der Waals surface area contributed by atoms with Gasteiger partial charge in [0.05, 0.1) is 0 Å². The molecule has 298 valence electrons. The largest absolute Gasteiger partial charge is 0.445 e. The molecular formula is C43H76N4O5. The van der Waals surface area contributed by atoms with E-state index in [2.05, 4.69) is 35.1 Å². The highest BCUT2D eigenvalue weighted by molar-refractivity contribution is 5.88. The molecule has 9 nitrogen and oxygen atoms in total. The number of hydrogen-bond acceptors (Lipinski definition) is 5. The van der Waals surface area contributed by atoms with E-state index in [9.17, 15) is 19.2 Å². The normalized spacial score (nSPS) is 11.5. The van der Waals surface area contributed by atoms with Crippen LogP contribution in [0.3, 0.4) is 0 Å². The number of amides is 4. The third-order valence-electron chi connectivity index (χ3n) is 9.56. The first-order valence-corrected chi connectivity index (χ1v) is 21.2. The number of alkyl carbamates (subject to hydrolysis) is 1. The lowest BCUT2D eigenvalue weighted by Gasteiger charge is -2.18. The molecule has 0 fully saturated rings. The third kappa shape index (κ3) is 29.5. The summed E-state index contributed by atoms with van der Waals surface area (Å²) in [6, 6.07) is 8.79. The molecule has 0 bridgehead atoms. The van der Waals surface area contributed by atoms with Crippen LogP contribution in [-0.2, 0) is 25.7 Å². The van der Waals surface area contributed by atoms with Crippen LogP contribution in [0.5, 0.6) is 0 Å². The van der Waals surface area contributed by atoms with Gasteiger partial charge < -0.3 is 26.0 Å². The van der Waals surface area contributed by atoms with Crippen LogP contribution < -0.4 is 21.3 Å². The van der Waals surface area contributed by atoms with E-state index in [1.165, 1.54) is 103 Å². The average molecular weight is 729 g/mol. The Kier molecular flexibility index (Phi) is 31.5. The summed E-state index contributed by atoms with van der Waals surface area (Å²) >= 11 is 0. The van der Waals surface area contributed by atoms with E-state index in [1.807, 2.05) is 30.3 Å². The van der Waals surface area contributed by atoms with E-state index in [0.29, 0.717) is 26.1 Å². The maximum Gasteiger partial charge on any atom is 0.407 e. The molecule has 0 saturated carbocycles. The molecule has 1 atom stereocenters. The van der Waals surface area contributed by atoms with E-state index in [1.54, 1.807) is 0 Å². The van der Waals surface area contributed by atoms with Gasteiger partial charge in [-0.1, -0.05) is 166 Å². The number of ether oxygens (including phenoxy) is 1. The molecule has 4 N–H and O–H groups in total. The second-order valence-electron chi connectivity index (χ2n) is 14.5. The first-order valence-electron chi connectivity index (χ1n) is 21.2. The van der Waals surface area contributed by atoms with E-state index in [4.69, 9.17) is 4.74 Å². The Labute approximate surface area is 317 Å². The Bertz CT molecular complexity index is 1020. The molecule has 0 radical (unpaired) electrons. The average Bonchev–Trinajstić information content (AvgIpc) is 3.15. The summed E-state index contributed by atoms with van der Waals surface area (Å²) in [5.74, 6) is -0.488. The minimum absolute atomic E-state index is 0.0764. The van der Waals surface area contributed by atoms with Crippen LogP contribution in [0.25, 0.3) is 0 Å². The van der Waals surface area contributed by atoms with Crippen LogP contribution in [0.4, 0.5) is 4.79 Å². The predicted molar refractivity (Wildman–Crippen MR) is 214 cm³/mol. The zero-order chi connectivity index (χ0) is 37.7. The zero-order valence-electron chi connectivity index (χ0n) is 33.2. The topological polar surface area (TPSA) is 126 Å².